The average Bonchev–Trinajstić information content (AvgIpc) is 3.00. The molecule has 1 heterocycles. The number of amides is 1. The summed E-state index contributed by atoms with van der Waals surface area (Å²) in [5.74, 6) is -3.10. The molecule has 29 heavy (non-hydrogen) atoms. The first-order chi connectivity index (χ1) is 13.7. The molecule has 1 aromatic heterocycles. The molecule has 6 nitrogen and oxygen atoms in total. The second-order valence-corrected chi connectivity index (χ2v) is 9.48. The number of aryl methyl sites for hydroxylation is 1. The van der Waals surface area contributed by atoms with Gasteiger partial charge in [0.15, 0.2) is 0 Å². The van der Waals surface area contributed by atoms with Crippen LogP contribution in [0.4, 0.5) is 5.00 Å². The zero-order valence-corrected chi connectivity index (χ0v) is 18.3. The van der Waals surface area contributed by atoms with Crippen molar-refractivity contribution in [3.8, 4) is 0 Å². The maximum atomic E-state index is 13.1. The van der Waals surface area contributed by atoms with Crippen LogP contribution in [-0.4, -0.2) is 29.1 Å². The molecule has 0 saturated heterocycles. The number of esters is 1. The first kappa shape index (κ1) is 21.6. The normalized spacial score (nSPS) is 21.7. The van der Waals surface area contributed by atoms with E-state index in [4.69, 9.17) is 4.74 Å². The molecule has 3 rings (SSSR count). The monoisotopic (exact) mass is 419 g/mol. The molecule has 0 unspecified atom stereocenters. The lowest BCUT2D eigenvalue weighted by molar-refractivity contribution is -0.146. The third-order valence-electron chi connectivity index (χ3n) is 5.88. The van der Waals surface area contributed by atoms with Crippen molar-refractivity contribution < 1.29 is 24.2 Å². The first-order valence-corrected chi connectivity index (χ1v) is 11.0. The second kappa shape index (κ2) is 8.69. The molecule has 158 valence electrons. The molecule has 0 radical (unpaired) electrons. The number of thiophene rings is 1. The highest BCUT2D eigenvalue weighted by Crippen LogP contribution is 2.40. The quantitative estimate of drug-likeness (QED) is 0.538. The molecular weight excluding hydrogens is 390 g/mol. The van der Waals surface area contributed by atoms with Gasteiger partial charge in [-0.1, -0.05) is 11.1 Å². The lowest BCUT2D eigenvalue weighted by Crippen LogP contribution is -2.36. The van der Waals surface area contributed by atoms with Gasteiger partial charge in [0.1, 0.15) is 5.00 Å². The van der Waals surface area contributed by atoms with E-state index in [9.17, 15) is 19.5 Å². The number of carbonyl (C=O) groups is 3. The van der Waals surface area contributed by atoms with Gasteiger partial charge in [-0.15, -0.1) is 11.3 Å². The summed E-state index contributed by atoms with van der Waals surface area (Å²) in [7, 11) is 0. The molecule has 2 atom stereocenters. The minimum Gasteiger partial charge on any atom is -0.481 e. The fourth-order valence-electron chi connectivity index (χ4n) is 4.18. The van der Waals surface area contributed by atoms with Crippen LogP contribution >= 0.6 is 11.3 Å². The topological polar surface area (TPSA) is 92.7 Å². The predicted octanol–water partition coefficient (Wildman–Crippen LogP) is 4.58. The molecule has 2 N–H and O–H groups in total. The van der Waals surface area contributed by atoms with E-state index < -0.39 is 23.8 Å². The number of carbonyl (C=O) groups excluding carboxylic acids is 2. The van der Waals surface area contributed by atoms with Crippen LogP contribution in [0.25, 0.3) is 0 Å². The molecule has 0 spiro atoms. The van der Waals surface area contributed by atoms with Gasteiger partial charge in [-0.05, 0) is 71.8 Å². The van der Waals surface area contributed by atoms with E-state index in [2.05, 4.69) is 5.32 Å². The zero-order valence-electron chi connectivity index (χ0n) is 17.5. The number of hydrogen-bond acceptors (Lipinski definition) is 5. The minimum atomic E-state index is -0.957. The number of carboxylic acid groups (broad SMARTS) is 1. The lowest BCUT2D eigenvalue weighted by atomic mass is 9.76. The Balaban J connectivity index is 1.91. The van der Waals surface area contributed by atoms with Crippen molar-refractivity contribution in [2.75, 3.05) is 5.32 Å². The SMILES string of the molecule is CC1=C(C)C[C@@H](C(=O)Nc2sc3c(c2C(=O)OC(C)C)CCCC3)[C@@H](C(=O)O)C1. The van der Waals surface area contributed by atoms with Crippen molar-refractivity contribution >= 4 is 34.2 Å². The number of allylic oxidation sites excluding steroid dienone is 2. The van der Waals surface area contributed by atoms with Gasteiger partial charge in [-0.25, -0.2) is 4.79 Å². The van der Waals surface area contributed by atoms with Gasteiger partial charge in [0.05, 0.1) is 23.5 Å². The fraction of sp³-hybridized carbons (Fsp3) is 0.591. The van der Waals surface area contributed by atoms with E-state index in [1.54, 1.807) is 13.8 Å². The van der Waals surface area contributed by atoms with Crippen molar-refractivity contribution in [2.24, 2.45) is 11.8 Å². The van der Waals surface area contributed by atoms with E-state index in [1.807, 2.05) is 13.8 Å². The molecule has 1 aromatic rings. The number of ether oxygens (including phenoxy) is 1. The number of rotatable bonds is 5. The van der Waals surface area contributed by atoms with Crippen LogP contribution in [0.15, 0.2) is 11.1 Å². The molecule has 7 heteroatoms. The Hall–Kier alpha value is -2.15. The van der Waals surface area contributed by atoms with Gasteiger partial charge in [0.2, 0.25) is 5.91 Å². The summed E-state index contributed by atoms with van der Waals surface area (Å²) < 4.78 is 5.43. The number of nitrogens with one attached hydrogen (secondary N) is 1. The van der Waals surface area contributed by atoms with Crippen LogP contribution in [0.5, 0.6) is 0 Å². The molecule has 2 aliphatic carbocycles. The zero-order chi connectivity index (χ0) is 21.3. The van der Waals surface area contributed by atoms with Gasteiger partial charge in [0, 0.05) is 4.88 Å². The Labute approximate surface area is 175 Å². The number of carboxylic acids is 1. The van der Waals surface area contributed by atoms with Gasteiger partial charge < -0.3 is 15.2 Å². The summed E-state index contributed by atoms with van der Waals surface area (Å²) >= 11 is 1.43. The molecule has 0 saturated carbocycles. The molecule has 0 aromatic carbocycles. The fourth-order valence-corrected chi connectivity index (χ4v) is 5.46. The van der Waals surface area contributed by atoms with Crippen molar-refractivity contribution in [1.29, 1.82) is 0 Å². The van der Waals surface area contributed by atoms with Crippen molar-refractivity contribution in [2.45, 2.75) is 72.3 Å². The van der Waals surface area contributed by atoms with E-state index in [1.165, 1.54) is 11.3 Å². The highest BCUT2D eigenvalue weighted by Gasteiger charge is 2.38. The van der Waals surface area contributed by atoms with Crippen molar-refractivity contribution in [3.05, 3.63) is 27.2 Å². The maximum Gasteiger partial charge on any atom is 0.341 e. The summed E-state index contributed by atoms with van der Waals surface area (Å²) in [4.78, 5) is 38.7. The number of fused-ring (bicyclic) bond motifs is 1. The number of hydrogen-bond donors (Lipinski definition) is 2. The van der Waals surface area contributed by atoms with E-state index in [0.717, 1.165) is 47.3 Å². The van der Waals surface area contributed by atoms with Gasteiger partial charge in [0.25, 0.3) is 0 Å². The molecule has 1 amide bonds. The number of aliphatic carboxylic acids is 1. The molecule has 2 aliphatic rings. The summed E-state index contributed by atoms with van der Waals surface area (Å²) in [5.41, 5.74) is 3.53. The van der Waals surface area contributed by atoms with Crippen LogP contribution in [0, 0.1) is 11.8 Å². The predicted molar refractivity (Wildman–Crippen MR) is 112 cm³/mol. The van der Waals surface area contributed by atoms with Crippen LogP contribution < -0.4 is 5.32 Å². The molecule has 0 aliphatic heterocycles. The minimum absolute atomic E-state index is 0.254. The molecule has 0 fully saturated rings. The Morgan fingerprint density at radius 1 is 1.07 bits per heavy atom. The summed E-state index contributed by atoms with van der Waals surface area (Å²) in [6, 6.07) is 0. The lowest BCUT2D eigenvalue weighted by Gasteiger charge is -2.29. The largest absolute Gasteiger partial charge is 0.481 e. The Bertz CT molecular complexity index is 867. The van der Waals surface area contributed by atoms with E-state index in [-0.39, 0.29) is 12.0 Å². The molecular formula is C22H29NO5S. The standard InChI is InChI=1S/C22H29NO5S/c1-11(2)28-22(27)18-14-7-5-6-8-17(14)29-20(18)23-19(24)15-9-12(3)13(4)10-16(15)21(25)26/h11,15-16H,5-10H2,1-4H3,(H,23,24)(H,25,26)/t15-,16+/m1/s1. The maximum absolute atomic E-state index is 13.1. The van der Waals surface area contributed by atoms with Crippen molar-refractivity contribution in [1.82, 2.24) is 0 Å². The average molecular weight is 420 g/mol. The van der Waals surface area contributed by atoms with Crippen LogP contribution in [-0.2, 0) is 27.2 Å². The molecule has 0 bridgehead atoms. The number of anilines is 1. The summed E-state index contributed by atoms with van der Waals surface area (Å²) in [6.07, 6.45) is 4.30. The van der Waals surface area contributed by atoms with Gasteiger partial charge >= 0.3 is 11.9 Å². The highest BCUT2D eigenvalue weighted by atomic mass is 32.1. The van der Waals surface area contributed by atoms with Crippen LogP contribution in [0.1, 0.15) is 74.2 Å². The van der Waals surface area contributed by atoms with Crippen molar-refractivity contribution in [3.63, 3.8) is 0 Å². The Kier molecular flexibility index (Phi) is 6.46. The Morgan fingerprint density at radius 3 is 2.31 bits per heavy atom. The summed E-state index contributed by atoms with van der Waals surface area (Å²) in [6.45, 7) is 7.47. The highest BCUT2D eigenvalue weighted by molar-refractivity contribution is 7.17. The van der Waals surface area contributed by atoms with E-state index >= 15 is 0 Å². The first-order valence-electron chi connectivity index (χ1n) is 10.2. The third-order valence-corrected chi connectivity index (χ3v) is 7.08. The van der Waals surface area contributed by atoms with Gasteiger partial charge in [-0.2, -0.15) is 0 Å². The summed E-state index contributed by atoms with van der Waals surface area (Å²) in [5, 5.41) is 13.0. The Morgan fingerprint density at radius 2 is 1.69 bits per heavy atom. The van der Waals surface area contributed by atoms with Crippen LogP contribution in [0.3, 0.4) is 0 Å². The third kappa shape index (κ3) is 4.55. The van der Waals surface area contributed by atoms with Crippen LogP contribution in [0.2, 0.25) is 0 Å². The second-order valence-electron chi connectivity index (χ2n) is 8.38. The van der Waals surface area contributed by atoms with Gasteiger partial charge in [-0.3, -0.25) is 9.59 Å². The smallest absolute Gasteiger partial charge is 0.341 e. The van der Waals surface area contributed by atoms with E-state index in [0.29, 0.717) is 23.4 Å².